The Kier molecular flexibility index (Phi) is 9.06. The standard InChI is InChI=1S/C21H14N3.C10H8N2.Ru/c1-2-8-16(9-3-1)17-11-6-13-20(23-17)21-14-7-12-19(24-21)18-10-4-5-15-22-18;1-3-7-11-9(5-1)10-6-2-4-8-12-10;/h1-8,10-15H;1-8H;/q-1;;+1. The van der Waals surface area contributed by atoms with Crippen molar-refractivity contribution in [3.8, 4) is 45.4 Å². The molecule has 0 aliphatic carbocycles. The van der Waals surface area contributed by atoms with Gasteiger partial charge in [0.2, 0.25) is 0 Å². The third-order valence-corrected chi connectivity index (χ3v) is 5.27. The molecular weight excluding hydrogens is 543 g/mol. The molecule has 37 heavy (non-hydrogen) atoms. The van der Waals surface area contributed by atoms with E-state index < -0.39 is 0 Å². The van der Waals surface area contributed by atoms with Crippen LogP contribution >= 0.6 is 0 Å². The molecule has 0 bridgehead atoms. The number of hydrogen-bond donors (Lipinski definition) is 0. The van der Waals surface area contributed by atoms with Crippen LogP contribution in [0.1, 0.15) is 0 Å². The summed E-state index contributed by atoms with van der Waals surface area (Å²) in [7, 11) is 0. The van der Waals surface area contributed by atoms with Gasteiger partial charge in [0.05, 0.1) is 34.2 Å². The van der Waals surface area contributed by atoms with E-state index in [0.717, 1.165) is 45.4 Å². The van der Waals surface area contributed by atoms with Crippen LogP contribution in [0.5, 0.6) is 0 Å². The predicted molar refractivity (Wildman–Crippen MR) is 142 cm³/mol. The summed E-state index contributed by atoms with van der Waals surface area (Å²) in [5, 5.41) is 0. The summed E-state index contributed by atoms with van der Waals surface area (Å²) in [5.41, 5.74) is 7.05. The van der Waals surface area contributed by atoms with Gasteiger partial charge in [0.1, 0.15) is 0 Å². The normalized spacial score (nSPS) is 9.95. The second kappa shape index (κ2) is 13.1. The molecule has 0 aliphatic heterocycles. The van der Waals surface area contributed by atoms with Crippen LogP contribution in [-0.2, 0) is 19.5 Å². The van der Waals surface area contributed by atoms with Gasteiger partial charge in [-0.25, -0.2) is 4.98 Å². The van der Waals surface area contributed by atoms with Crippen molar-refractivity contribution in [2.24, 2.45) is 0 Å². The van der Waals surface area contributed by atoms with Gasteiger partial charge in [-0.1, -0.05) is 36.4 Å². The number of nitrogens with zero attached hydrogens (tertiary/aromatic N) is 5. The summed E-state index contributed by atoms with van der Waals surface area (Å²) in [6, 6.07) is 40.3. The van der Waals surface area contributed by atoms with Crippen LogP contribution in [0.2, 0.25) is 0 Å². The van der Waals surface area contributed by atoms with E-state index in [2.05, 4.69) is 21.0 Å². The molecular formula is C31H22N5Ru. The third-order valence-electron chi connectivity index (χ3n) is 5.27. The summed E-state index contributed by atoms with van der Waals surface area (Å²) in [6.45, 7) is 0. The van der Waals surface area contributed by atoms with E-state index in [0.29, 0.717) is 0 Å². The van der Waals surface area contributed by atoms with Gasteiger partial charge in [-0.3, -0.25) is 19.9 Å². The SMILES string of the molecule is [Ru+].[c-]1ccccc1-c1cccc(-c2cccc(-c3ccccn3)n2)n1.c1ccc(-c2ccccn2)nc1. The molecule has 0 unspecified atom stereocenters. The second-order valence-corrected chi connectivity index (χ2v) is 7.74. The number of hydrogen-bond acceptors (Lipinski definition) is 5. The molecule has 0 spiro atoms. The Labute approximate surface area is 229 Å². The Balaban J connectivity index is 0.000000208. The molecule has 179 valence electrons. The average Bonchev–Trinajstić information content (AvgIpc) is 2.99. The largest absolute Gasteiger partial charge is 1.00 e. The zero-order valence-corrected chi connectivity index (χ0v) is 21.5. The van der Waals surface area contributed by atoms with Crippen LogP contribution < -0.4 is 0 Å². The van der Waals surface area contributed by atoms with Crippen LogP contribution in [-0.4, -0.2) is 24.9 Å². The fourth-order valence-electron chi connectivity index (χ4n) is 3.54. The smallest absolute Gasteiger partial charge is 0.295 e. The minimum Gasteiger partial charge on any atom is -0.295 e. The number of benzene rings is 1. The van der Waals surface area contributed by atoms with E-state index in [1.54, 1.807) is 18.6 Å². The van der Waals surface area contributed by atoms with Gasteiger partial charge in [-0.05, 0) is 60.3 Å². The Bertz CT molecular complexity index is 1390. The minimum absolute atomic E-state index is 0. The first-order chi connectivity index (χ1) is 17.9. The Morgan fingerprint density at radius 3 is 1.24 bits per heavy atom. The summed E-state index contributed by atoms with van der Waals surface area (Å²) < 4.78 is 0. The molecule has 0 amide bonds. The maximum absolute atomic E-state index is 4.73. The second-order valence-electron chi connectivity index (χ2n) is 7.74. The van der Waals surface area contributed by atoms with E-state index in [4.69, 9.17) is 9.97 Å². The van der Waals surface area contributed by atoms with Crippen molar-refractivity contribution < 1.29 is 19.5 Å². The zero-order valence-electron chi connectivity index (χ0n) is 19.8. The Morgan fingerprint density at radius 1 is 0.378 bits per heavy atom. The van der Waals surface area contributed by atoms with Crippen LogP contribution in [0.3, 0.4) is 0 Å². The van der Waals surface area contributed by atoms with Gasteiger partial charge < -0.3 is 0 Å². The van der Waals surface area contributed by atoms with E-state index in [9.17, 15) is 0 Å². The van der Waals surface area contributed by atoms with Crippen molar-refractivity contribution in [1.29, 1.82) is 0 Å². The van der Waals surface area contributed by atoms with Gasteiger partial charge in [0.15, 0.2) is 0 Å². The molecule has 1 radical (unpaired) electrons. The molecule has 6 aromatic rings. The summed E-state index contributed by atoms with van der Waals surface area (Å²) >= 11 is 0. The van der Waals surface area contributed by atoms with Gasteiger partial charge in [0, 0.05) is 18.6 Å². The first-order valence-corrected chi connectivity index (χ1v) is 11.5. The van der Waals surface area contributed by atoms with Crippen molar-refractivity contribution in [1.82, 2.24) is 24.9 Å². The maximum atomic E-state index is 4.73. The number of pyridine rings is 5. The van der Waals surface area contributed by atoms with Crippen LogP contribution in [0, 0.1) is 6.07 Å². The molecule has 5 heterocycles. The van der Waals surface area contributed by atoms with E-state index in [-0.39, 0.29) is 19.5 Å². The van der Waals surface area contributed by atoms with Gasteiger partial charge in [0.25, 0.3) is 0 Å². The Hall–Kier alpha value is -4.41. The number of rotatable bonds is 4. The molecule has 1 aromatic carbocycles. The first kappa shape index (κ1) is 25.7. The fourth-order valence-corrected chi connectivity index (χ4v) is 3.54. The molecule has 5 aromatic heterocycles. The van der Waals surface area contributed by atoms with Gasteiger partial charge in [-0.2, -0.15) is 0 Å². The third kappa shape index (κ3) is 6.84. The average molecular weight is 566 g/mol. The van der Waals surface area contributed by atoms with Crippen molar-refractivity contribution >= 4 is 0 Å². The molecule has 0 saturated carbocycles. The van der Waals surface area contributed by atoms with Crippen LogP contribution in [0.4, 0.5) is 0 Å². The quantitative estimate of drug-likeness (QED) is 0.174. The molecule has 0 aliphatic rings. The predicted octanol–water partition coefficient (Wildman–Crippen LogP) is 6.81. The minimum atomic E-state index is 0. The molecule has 6 heteroatoms. The summed E-state index contributed by atoms with van der Waals surface area (Å²) in [4.78, 5) is 22.2. The van der Waals surface area contributed by atoms with Crippen LogP contribution in [0.25, 0.3) is 45.4 Å². The maximum Gasteiger partial charge on any atom is 1.00 e. The molecule has 0 atom stereocenters. The van der Waals surface area contributed by atoms with E-state index in [1.807, 2.05) is 115 Å². The van der Waals surface area contributed by atoms with Crippen molar-refractivity contribution in [3.63, 3.8) is 0 Å². The van der Waals surface area contributed by atoms with E-state index in [1.165, 1.54) is 0 Å². The topological polar surface area (TPSA) is 64.5 Å². The molecule has 0 N–H and O–H groups in total. The summed E-state index contributed by atoms with van der Waals surface area (Å²) in [6.07, 6.45) is 5.31. The Morgan fingerprint density at radius 2 is 0.784 bits per heavy atom. The van der Waals surface area contributed by atoms with Crippen LogP contribution in [0.15, 0.2) is 134 Å². The van der Waals surface area contributed by atoms with Crippen molar-refractivity contribution in [2.75, 3.05) is 0 Å². The number of aromatic nitrogens is 5. The zero-order chi connectivity index (χ0) is 24.4. The first-order valence-electron chi connectivity index (χ1n) is 11.5. The summed E-state index contributed by atoms with van der Waals surface area (Å²) in [5.74, 6) is 0. The van der Waals surface area contributed by atoms with Gasteiger partial charge >= 0.3 is 19.5 Å². The molecule has 5 nitrogen and oxygen atoms in total. The van der Waals surface area contributed by atoms with E-state index >= 15 is 0 Å². The fraction of sp³-hybridized carbons (Fsp3) is 0. The van der Waals surface area contributed by atoms with Crippen molar-refractivity contribution in [3.05, 3.63) is 140 Å². The molecule has 6 rings (SSSR count). The molecule has 0 fully saturated rings. The molecule has 0 saturated heterocycles. The monoisotopic (exact) mass is 566 g/mol. The van der Waals surface area contributed by atoms with Gasteiger partial charge in [-0.15, -0.1) is 35.9 Å². The van der Waals surface area contributed by atoms with Crippen molar-refractivity contribution in [2.45, 2.75) is 0 Å².